The lowest BCUT2D eigenvalue weighted by Crippen LogP contribution is -2.25. The summed E-state index contributed by atoms with van der Waals surface area (Å²) in [4.78, 5) is 12.0. The van der Waals surface area contributed by atoms with Crippen molar-refractivity contribution in [1.29, 1.82) is 5.26 Å². The Labute approximate surface area is 140 Å². The zero-order chi connectivity index (χ0) is 16.7. The second kappa shape index (κ2) is 8.44. The maximum Gasteiger partial charge on any atom is 0.261 e. The summed E-state index contributed by atoms with van der Waals surface area (Å²) in [5, 5.41) is 12.3. The van der Waals surface area contributed by atoms with Crippen LogP contribution in [-0.2, 0) is 4.79 Å². The third-order valence-corrected chi connectivity index (χ3v) is 3.60. The van der Waals surface area contributed by atoms with Gasteiger partial charge in [-0.25, -0.2) is 0 Å². The minimum atomic E-state index is -0.385. The summed E-state index contributed by atoms with van der Waals surface area (Å²) >= 11 is 6.21. The highest BCUT2D eigenvalue weighted by atomic mass is 35.5. The van der Waals surface area contributed by atoms with E-state index in [0.717, 1.165) is 19.3 Å². The molecule has 0 radical (unpaired) electrons. The molecule has 1 amide bonds. The molecule has 1 aliphatic heterocycles. The molecule has 5 nitrogen and oxygen atoms in total. The minimum absolute atomic E-state index is 0.0339. The van der Waals surface area contributed by atoms with E-state index in [2.05, 4.69) is 5.32 Å². The van der Waals surface area contributed by atoms with Gasteiger partial charge in [0, 0.05) is 13.0 Å². The average molecular weight is 335 g/mol. The number of fused-ring (bicyclic) bond motifs is 1. The van der Waals surface area contributed by atoms with Gasteiger partial charge in [0.15, 0.2) is 11.5 Å². The summed E-state index contributed by atoms with van der Waals surface area (Å²) in [6, 6.07) is 5.31. The van der Waals surface area contributed by atoms with Gasteiger partial charge in [-0.2, -0.15) is 5.26 Å². The Morgan fingerprint density at radius 3 is 2.96 bits per heavy atom. The number of amides is 1. The molecule has 1 aromatic carbocycles. The van der Waals surface area contributed by atoms with Crippen LogP contribution in [0.2, 0.25) is 5.02 Å². The lowest BCUT2D eigenvalue weighted by molar-refractivity contribution is -0.117. The van der Waals surface area contributed by atoms with E-state index in [1.165, 1.54) is 6.08 Å². The molecule has 0 spiro atoms. The Hall–Kier alpha value is -2.19. The quantitative estimate of drug-likeness (QED) is 0.509. The second-order valence-corrected chi connectivity index (χ2v) is 5.57. The summed E-state index contributed by atoms with van der Waals surface area (Å²) in [6.45, 7) is 3.67. The van der Waals surface area contributed by atoms with Crippen molar-refractivity contribution in [1.82, 2.24) is 5.32 Å². The van der Waals surface area contributed by atoms with Crippen molar-refractivity contribution in [2.45, 2.75) is 26.2 Å². The number of hydrogen-bond acceptors (Lipinski definition) is 4. The number of carbonyl (C=O) groups excluding carboxylic acids is 1. The first kappa shape index (κ1) is 17.2. The number of ether oxygens (including phenoxy) is 2. The Morgan fingerprint density at radius 2 is 2.22 bits per heavy atom. The molecule has 0 aromatic heterocycles. The molecule has 0 saturated carbocycles. The number of benzene rings is 1. The number of nitriles is 1. The molecule has 23 heavy (non-hydrogen) atoms. The molecule has 6 heteroatoms. The highest BCUT2D eigenvalue weighted by molar-refractivity contribution is 6.32. The number of nitrogens with one attached hydrogen (secondary N) is 1. The Bertz CT molecular complexity index is 650. The van der Waals surface area contributed by atoms with Crippen molar-refractivity contribution in [3.05, 3.63) is 28.3 Å². The lowest BCUT2D eigenvalue weighted by atomic mass is 10.1. The fraction of sp³-hybridized carbons (Fsp3) is 0.412. The summed E-state index contributed by atoms with van der Waals surface area (Å²) in [5.41, 5.74) is 0.660. The molecule has 1 aliphatic rings. The van der Waals surface area contributed by atoms with Crippen LogP contribution in [0.5, 0.6) is 11.5 Å². The van der Waals surface area contributed by atoms with Crippen LogP contribution in [0.15, 0.2) is 17.7 Å². The summed E-state index contributed by atoms with van der Waals surface area (Å²) < 4.78 is 11.2. The molecular formula is C17H19ClN2O3. The predicted octanol–water partition coefficient (Wildman–Crippen LogP) is 3.32. The minimum Gasteiger partial charge on any atom is -0.489 e. The molecule has 1 heterocycles. The number of carbonyl (C=O) groups is 1. The van der Waals surface area contributed by atoms with E-state index in [4.69, 9.17) is 21.1 Å². The molecule has 1 aromatic rings. The van der Waals surface area contributed by atoms with Crippen LogP contribution in [0.3, 0.4) is 0 Å². The van der Waals surface area contributed by atoms with E-state index in [1.54, 1.807) is 12.1 Å². The van der Waals surface area contributed by atoms with Crippen LogP contribution in [0.4, 0.5) is 0 Å². The number of nitrogens with zero attached hydrogens (tertiary/aromatic N) is 1. The number of hydrogen-bond donors (Lipinski definition) is 1. The van der Waals surface area contributed by atoms with E-state index >= 15 is 0 Å². The Morgan fingerprint density at radius 1 is 1.43 bits per heavy atom. The van der Waals surface area contributed by atoms with Crippen LogP contribution in [0.25, 0.3) is 6.08 Å². The molecule has 0 unspecified atom stereocenters. The van der Waals surface area contributed by atoms with E-state index in [9.17, 15) is 10.1 Å². The maximum atomic E-state index is 12.0. The smallest absolute Gasteiger partial charge is 0.261 e. The van der Waals surface area contributed by atoms with Crippen LogP contribution >= 0.6 is 11.6 Å². The third kappa shape index (κ3) is 4.64. The largest absolute Gasteiger partial charge is 0.489 e. The van der Waals surface area contributed by atoms with E-state index in [-0.39, 0.29) is 11.5 Å². The summed E-state index contributed by atoms with van der Waals surface area (Å²) in [7, 11) is 0. The van der Waals surface area contributed by atoms with Crippen molar-refractivity contribution in [3.63, 3.8) is 0 Å². The first-order valence-electron chi connectivity index (χ1n) is 7.65. The van der Waals surface area contributed by atoms with Gasteiger partial charge in [0.05, 0.1) is 18.2 Å². The Balaban J connectivity index is 2.23. The van der Waals surface area contributed by atoms with Gasteiger partial charge in [-0.3, -0.25) is 4.79 Å². The van der Waals surface area contributed by atoms with E-state index in [0.29, 0.717) is 41.8 Å². The zero-order valence-electron chi connectivity index (χ0n) is 13.0. The second-order valence-electron chi connectivity index (χ2n) is 5.16. The molecule has 0 bridgehead atoms. The molecule has 2 rings (SSSR count). The normalized spacial score (nSPS) is 13.9. The average Bonchev–Trinajstić information content (AvgIpc) is 2.78. The first-order valence-corrected chi connectivity index (χ1v) is 8.02. The van der Waals surface area contributed by atoms with Gasteiger partial charge in [-0.05, 0) is 30.2 Å². The lowest BCUT2D eigenvalue weighted by Gasteiger charge is -2.10. The van der Waals surface area contributed by atoms with Crippen LogP contribution in [0, 0.1) is 11.3 Å². The fourth-order valence-corrected chi connectivity index (χ4v) is 2.40. The topological polar surface area (TPSA) is 71.4 Å². The third-order valence-electron chi connectivity index (χ3n) is 3.32. The van der Waals surface area contributed by atoms with Gasteiger partial charge in [-0.15, -0.1) is 0 Å². The van der Waals surface area contributed by atoms with Gasteiger partial charge in [0.2, 0.25) is 0 Å². The van der Waals surface area contributed by atoms with E-state index in [1.807, 2.05) is 13.0 Å². The predicted molar refractivity (Wildman–Crippen MR) is 88.6 cm³/mol. The van der Waals surface area contributed by atoms with Crippen LogP contribution < -0.4 is 14.8 Å². The van der Waals surface area contributed by atoms with Gasteiger partial charge in [0.1, 0.15) is 11.6 Å². The molecule has 1 N–H and O–H groups in total. The summed E-state index contributed by atoms with van der Waals surface area (Å²) in [5.74, 6) is 0.654. The molecule has 0 aliphatic carbocycles. The van der Waals surface area contributed by atoms with Gasteiger partial charge in [-0.1, -0.05) is 24.9 Å². The fourth-order valence-electron chi connectivity index (χ4n) is 2.12. The number of rotatable bonds is 5. The van der Waals surface area contributed by atoms with Crippen molar-refractivity contribution in [2.75, 3.05) is 19.8 Å². The number of unbranched alkanes of at least 4 members (excludes halogenated alkanes) is 1. The maximum absolute atomic E-state index is 12.0. The molecule has 122 valence electrons. The highest BCUT2D eigenvalue weighted by Crippen LogP contribution is 2.38. The van der Waals surface area contributed by atoms with E-state index < -0.39 is 0 Å². The molecule has 0 saturated heterocycles. The standard InChI is InChI=1S/C17H19ClN2O3/c1-2-3-5-20-17(21)13(11-19)8-12-9-14(18)16-15(10-12)22-6-4-7-23-16/h8-10H,2-7H2,1H3,(H,20,21)/b13-8+. The van der Waals surface area contributed by atoms with Crippen molar-refractivity contribution in [3.8, 4) is 17.6 Å². The van der Waals surface area contributed by atoms with Gasteiger partial charge >= 0.3 is 0 Å². The molecule has 0 atom stereocenters. The first-order chi connectivity index (χ1) is 11.2. The highest BCUT2D eigenvalue weighted by Gasteiger charge is 2.16. The van der Waals surface area contributed by atoms with Gasteiger partial charge < -0.3 is 14.8 Å². The van der Waals surface area contributed by atoms with Crippen LogP contribution in [0.1, 0.15) is 31.7 Å². The van der Waals surface area contributed by atoms with Crippen molar-refractivity contribution < 1.29 is 14.3 Å². The molecular weight excluding hydrogens is 316 g/mol. The van der Waals surface area contributed by atoms with Gasteiger partial charge in [0.25, 0.3) is 5.91 Å². The molecule has 0 fully saturated rings. The summed E-state index contributed by atoms with van der Waals surface area (Å²) in [6.07, 6.45) is 4.13. The van der Waals surface area contributed by atoms with Crippen molar-refractivity contribution >= 4 is 23.6 Å². The zero-order valence-corrected chi connectivity index (χ0v) is 13.8. The monoisotopic (exact) mass is 334 g/mol. The Kier molecular flexibility index (Phi) is 6.30. The van der Waals surface area contributed by atoms with Crippen molar-refractivity contribution in [2.24, 2.45) is 0 Å². The SMILES string of the molecule is CCCCNC(=O)/C(C#N)=C/c1cc(Cl)c2c(c1)OCCCO2. The number of halogens is 1. The van der Waals surface area contributed by atoms with Crippen LogP contribution in [-0.4, -0.2) is 25.7 Å².